The normalized spacial score (nSPS) is 27.1. The number of nitrogens with zero attached hydrogens (tertiary/aromatic N) is 1. The molecule has 116 valence electrons. The summed E-state index contributed by atoms with van der Waals surface area (Å²) in [5.41, 5.74) is -0.607. The number of carbonyl (C=O) groups is 1. The Hall–Kier alpha value is -0.650. The number of piperidine rings is 1. The van der Waals surface area contributed by atoms with Gasteiger partial charge in [0.1, 0.15) is 5.54 Å². The zero-order valence-electron chi connectivity index (χ0n) is 13.0. The summed E-state index contributed by atoms with van der Waals surface area (Å²) in [6.45, 7) is 7.38. The van der Waals surface area contributed by atoms with Gasteiger partial charge in [-0.1, -0.05) is 0 Å². The van der Waals surface area contributed by atoms with Crippen molar-refractivity contribution in [3.05, 3.63) is 0 Å². The Bertz CT molecular complexity index is 331. The smallest absolute Gasteiger partial charge is 0.327 e. The van der Waals surface area contributed by atoms with E-state index >= 15 is 0 Å². The van der Waals surface area contributed by atoms with Gasteiger partial charge in [-0.15, -0.1) is 0 Å². The van der Waals surface area contributed by atoms with Crippen molar-refractivity contribution < 1.29 is 14.3 Å². The van der Waals surface area contributed by atoms with E-state index in [-0.39, 0.29) is 5.97 Å². The molecule has 20 heavy (non-hydrogen) atoms. The molecule has 1 heterocycles. The third-order valence-corrected chi connectivity index (χ3v) is 4.14. The molecule has 2 unspecified atom stereocenters. The van der Waals surface area contributed by atoms with Gasteiger partial charge in [0.2, 0.25) is 0 Å². The van der Waals surface area contributed by atoms with Crippen molar-refractivity contribution in [3.63, 3.8) is 0 Å². The average Bonchev–Trinajstić information content (AvgIpc) is 3.22. The number of methoxy groups -OCH3 is 1. The summed E-state index contributed by atoms with van der Waals surface area (Å²) in [6, 6.07) is 0.478. The summed E-state index contributed by atoms with van der Waals surface area (Å²) in [6.07, 6.45) is 4.87. The second-order valence-corrected chi connectivity index (χ2v) is 6.20. The van der Waals surface area contributed by atoms with Crippen LogP contribution in [-0.2, 0) is 14.3 Å². The number of carbonyl (C=O) groups excluding carboxylic acids is 1. The van der Waals surface area contributed by atoms with Crippen LogP contribution in [0.2, 0.25) is 0 Å². The van der Waals surface area contributed by atoms with Crippen molar-refractivity contribution >= 4 is 5.97 Å². The molecule has 0 spiro atoms. The third-order valence-electron chi connectivity index (χ3n) is 4.14. The lowest BCUT2D eigenvalue weighted by Gasteiger charge is -2.38. The highest BCUT2D eigenvalue weighted by Crippen LogP contribution is 2.25. The lowest BCUT2D eigenvalue weighted by atomic mass is 9.99. The Morgan fingerprint density at radius 2 is 2.15 bits per heavy atom. The van der Waals surface area contributed by atoms with Gasteiger partial charge in [-0.25, -0.2) is 0 Å². The summed E-state index contributed by atoms with van der Waals surface area (Å²) in [7, 11) is 1.47. The van der Waals surface area contributed by atoms with Crippen molar-refractivity contribution in [1.82, 2.24) is 10.2 Å². The second kappa shape index (κ2) is 6.87. The van der Waals surface area contributed by atoms with Crippen LogP contribution in [0.1, 0.15) is 39.5 Å². The molecular formula is C15H28N2O3. The maximum absolute atomic E-state index is 12.1. The molecule has 0 radical (unpaired) electrons. The Kier molecular flexibility index (Phi) is 5.41. The first kappa shape index (κ1) is 15.7. The van der Waals surface area contributed by atoms with Gasteiger partial charge >= 0.3 is 5.97 Å². The van der Waals surface area contributed by atoms with E-state index in [9.17, 15) is 4.79 Å². The monoisotopic (exact) mass is 284 g/mol. The Labute approximate surface area is 122 Å². The van der Waals surface area contributed by atoms with E-state index in [1.54, 1.807) is 0 Å². The Balaban J connectivity index is 1.93. The summed E-state index contributed by atoms with van der Waals surface area (Å²) >= 11 is 0. The van der Waals surface area contributed by atoms with Crippen LogP contribution in [0.4, 0.5) is 0 Å². The van der Waals surface area contributed by atoms with E-state index in [1.807, 2.05) is 13.8 Å². The van der Waals surface area contributed by atoms with Crippen LogP contribution in [0, 0.1) is 0 Å². The summed E-state index contributed by atoms with van der Waals surface area (Å²) in [5.74, 6) is -0.164. The molecule has 5 heteroatoms. The predicted molar refractivity (Wildman–Crippen MR) is 77.7 cm³/mol. The van der Waals surface area contributed by atoms with Crippen LogP contribution in [-0.4, -0.2) is 61.9 Å². The molecule has 1 N–H and O–H groups in total. The van der Waals surface area contributed by atoms with Crippen LogP contribution >= 0.6 is 0 Å². The minimum atomic E-state index is -0.607. The number of esters is 1. The highest BCUT2D eigenvalue weighted by Gasteiger charge is 2.41. The number of rotatable bonds is 7. The minimum Gasteiger partial charge on any atom is -0.468 e. The molecule has 2 fully saturated rings. The first-order valence-corrected chi connectivity index (χ1v) is 7.77. The number of nitrogens with one attached hydrogen (secondary N) is 1. The van der Waals surface area contributed by atoms with Crippen molar-refractivity contribution in [1.29, 1.82) is 0 Å². The maximum Gasteiger partial charge on any atom is 0.327 e. The molecule has 1 aliphatic heterocycles. The quantitative estimate of drug-likeness (QED) is 0.711. The van der Waals surface area contributed by atoms with E-state index in [4.69, 9.17) is 9.47 Å². The Morgan fingerprint density at radius 1 is 1.40 bits per heavy atom. The fourth-order valence-corrected chi connectivity index (χ4v) is 3.05. The fraction of sp³-hybridized carbons (Fsp3) is 0.933. The second-order valence-electron chi connectivity index (χ2n) is 6.20. The highest BCUT2D eigenvalue weighted by molar-refractivity contribution is 5.80. The molecule has 1 aliphatic carbocycles. The van der Waals surface area contributed by atoms with Crippen molar-refractivity contribution in [2.24, 2.45) is 0 Å². The largest absolute Gasteiger partial charge is 0.468 e. The zero-order valence-corrected chi connectivity index (χ0v) is 13.0. The molecule has 1 saturated carbocycles. The summed E-state index contributed by atoms with van der Waals surface area (Å²) < 4.78 is 10.7. The standard InChI is InChI=1S/C15H28N2O3/c1-4-20-13-6-5-9-17(10-13)11-15(2,14(18)19-3)16-12-7-8-12/h12-13,16H,4-11H2,1-3H3. The SMILES string of the molecule is CCOC1CCCN(CC(C)(NC2CC2)C(=O)OC)C1. The van der Waals surface area contributed by atoms with Gasteiger partial charge in [-0.05, 0) is 46.1 Å². The van der Waals surface area contributed by atoms with Crippen molar-refractivity contribution in [2.45, 2.75) is 57.2 Å². The maximum atomic E-state index is 12.1. The highest BCUT2D eigenvalue weighted by atomic mass is 16.5. The van der Waals surface area contributed by atoms with Gasteiger partial charge in [0.25, 0.3) is 0 Å². The lowest BCUT2D eigenvalue weighted by Crippen LogP contribution is -2.59. The molecule has 0 bridgehead atoms. The minimum absolute atomic E-state index is 0.164. The first-order chi connectivity index (χ1) is 9.57. The first-order valence-electron chi connectivity index (χ1n) is 7.77. The van der Waals surface area contributed by atoms with Gasteiger partial charge in [0, 0.05) is 25.7 Å². The van der Waals surface area contributed by atoms with E-state index < -0.39 is 5.54 Å². The molecule has 5 nitrogen and oxygen atoms in total. The Morgan fingerprint density at radius 3 is 2.75 bits per heavy atom. The molecule has 2 atom stereocenters. The van der Waals surface area contributed by atoms with E-state index in [0.29, 0.717) is 18.7 Å². The number of ether oxygens (including phenoxy) is 2. The molecule has 0 aromatic carbocycles. The molecule has 0 aromatic rings. The van der Waals surface area contributed by atoms with Crippen molar-refractivity contribution in [2.75, 3.05) is 33.4 Å². The molecule has 0 amide bonds. The molecule has 2 aliphatic rings. The lowest BCUT2D eigenvalue weighted by molar-refractivity contribution is -0.149. The van der Waals surface area contributed by atoms with E-state index in [0.717, 1.165) is 45.4 Å². The molecule has 0 aromatic heterocycles. The molecule has 1 saturated heterocycles. The average molecular weight is 284 g/mol. The number of likely N-dealkylation sites (tertiary alicyclic amines) is 1. The van der Waals surface area contributed by atoms with Crippen molar-refractivity contribution in [3.8, 4) is 0 Å². The predicted octanol–water partition coefficient (Wildman–Crippen LogP) is 1.17. The van der Waals surface area contributed by atoms with Crippen LogP contribution in [0.3, 0.4) is 0 Å². The number of hydrogen-bond donors (Lipinski definition) is 1. The van der Waals surface area contributed by atoms with Crippen LogP contribution < -0.4 is 5.32 Å². The topological polar surface area (TPSA) is 50.8 Å². The van der Waals surface area contributed by atoms with Crippen LogP contribution in [0.5, 0.6) is 0 Å². The fourth-order valence-electron chi connectivity index (χ4n) is 3.05. The number of hydrogen-bond acceptors (Lipinski definition) is 5. The molecule has 2 rings (SSSR count). The van der Waals surface area contributed by atoms with Gasteiger partial charge in [0.15, 0.2) is 0 Å². The zero-order chi connectivity index (χ0) is 14.6. The summed E-state index contributed by atoms with van der Waals surface area (Å²) in [4.78, 5) is 14.5. The van der Waals surface area contributed by atoms with Gasteiger partial charge in [-0.3, -0.25) is 15.0 Å². The molecular weight excluding hydrogens is 256 g/mol. The van der Waals surface area contributed by atoms with Gasteiger partial charge in [0.05, 0.1) is 13.2 Å². The van der Waals surface area contributed by atoms with E-state index in [2.05, 4.69) is 10.2 Å². The third kappa shape index (κ3) is 4.17. The van der Waals surface area contributed by atoms with Crippen LogP contribution in [0.25, 0.3) is 0 Å². The van der Waals surface area contributed by atoms with Gasteiger partial charge in [-0.2, -0.15) is 0 Å². The van der Waals surface area contributed by atoms with E-state index in [1.165, 1.54) is 7.11 Å². The summed E-state index contributed by atoms with van der Waals surface area (Å²) in [5, 5.41) is 3.46. The van der Waals surface area contributed by atoms with Gasteiger partial charge < -0.3 is 9.47 Å². The van der Waals surface area contributed by atoms with Crippen LogP contribution in [0.15, 0.2) is 0 Å².